The van der Waals surface area contributed by atoms with Crippen molar-refractivity contribution in [1.29, 1.82) is 0 Å². The van der Waals surface area contributed by atoms with Crippen LogP contribution >= 0.6 is 0 Å². The Morgan fingerprint density at radius 1 is 0.333 bits per heavy atom. The van der Waals surface area contributed by atoms with Gasteiger partial charge in [-0.3, -0.25) is 0 Å². The van der Waals surface area contributed by atoms with Crippen LogP contribution in [0.5, 0.6) is 0 Å². The molecule has 0 fully saturated rings. The van der Waals surface area contributed by atoms with Gasteiger partial charge in [0.25, 0.3) is 0 Å². The molecule has 0 saturated heterocycles. The lowest BCUT2D eigenvalue weighted by Crippen LogP contribution is -2.12. The van der Waals surface area contributed by atoms with Crippen LogP contribution < -0.4 is 4.90 Å². The monoisotopic (exact) mass is 805 g/mol. The van der Waals surface area contributed by atoms with Crippen molar-refractivity contribution in [3.8, 4) is 22.3 Å². The van der Waals surface area contributed by atoms with Crippen molar-refractivity contribution in [1.82, 2.24) is 0 Å². The van der Waals surface area contributed by atoms with Crippen LogP contribution in [0.25, 0.3) is 65.3 Å². The van der Waals surface area contributed by atoms with Crippen molar-refractivity contribution in [3.05, 3.63) is 259 Å². The van der Waals surface area contributed by atoms with Gasteiger partial charge in [-0.05, 0) is 121 Å². The van der Waals surface area contributed by atoms with Crippen LogP contribution in [0.1, 0.15) is 29.0 Å². The number of hydrogen-bond donors (Lipinski definition) is 0. The first-order valence-electron chi connectivity index (χ1n) is 22.2. The van der Waals surface area contributed by atoms with Crippen LogP contribution in [-0.4, -0.2) is 0 Å². The molecule has 0 amide bonds. The van der Waals surface area contributed by atoms with E-state index in [0.29, 0.717) is 5.92 Å². The molecule has 0 bridgehead atoms. The van der Waals surface area contributed by atoms with Crippen LogP contribution in [0, 0.1) is 0 Å². The average Bonchev–Trinajstić information content (AvgIpc) is 3.36. The highest BCUT2D eigenvalue weighted by Crippen LogP contribution is 2.47. The van der Waals surface area contributed by atoms with Gasteiger partial charge in [-0.15, -0.1) is 0 Å². The zero-order chi connectivity index (χ0) is 42.0. The van der Waals surface area contributed by atoms with Crippen molar-refractivity contribution in [2.45, 2.75) is 25.2 Å². The second kappa shape index (κ2) is 17.0. The van der Waals surface area contributed by atoms with Crippen LogP contribution in [0.3, 0.4) is 0 Å². The van der Waals surface area contributed by atoms with E-state index in [2.05, 4.69) is 248 Å². The summed E-state index contributed by atoms with van der Waals surface area (Å²) in [6.07, 6.45) is 2.95. The summed E-state index contributed by atoms with van der Waals surface area (Å²) in [4.78, 5) is 2.50. The van der Waals surface area contributed by atoms with E-state index >= 15 is 0 Å². The van der Waals surface area contributed by atoms with E-state index in [4.69, 9.17) is 0 Å². The Labute approximate surface area is 370 Å². The van der Waals surface area contributed by atoms with Gasteiger partial charge in [-0.25, -0.2) is 0 Å². The molecular formula is C62H47N. The van der Waals surface area contributed by atoms with E-state index < -0.39 is 0 Å². The van der Waals surface area contributed by atoms with Crippen LogP contribution in [0.15, 0.2) is 243 Å². The molecule has 0 aromatic heterocycles. The summed E-state index contributed by atoms with van der Waals surface area (Å²) in [6, 6.07) is 89.4. The molecule has 11 aromatic carbocycles. The molecule has 0 heterocycles. The molecule has 1 nitrogen and oxygen atoms in total. The largest absolute Gasteiger partial charge is 0.309 e. The Bertz CT molecular complexity index is 3290. The molecule has 63 heavy (non-hydrogen) atoms. The number of rotatable bonds is 11. The van der Waals surface area contributed by atoms with Gasteiger partial charge in [0.2, 0.25) is 0 Å². The Morgan fingerprint density at radius 2 is 0.778 bits per heavy atom. The lowest BCUT2D eigenvalue weighted by molar-refractivity contribution is 0.625. The van der Waals surface area contributed by atoms with Crippen molar-refractivity contribution in [3.63, 3.8) is 0 Å². The van der Waals surface area contributed by atoms with Gasteiger partial charge in [-0.1, -0.05) is 218 Å². The Morgan fingerprint density at radius 3 is 1.37 bits per heavy atom. The number of hydrogen-bond acceptors (Lipinski definition) is 1. The van der Waals surface area contributed by atoms with Crippen molar-refractivity contribution in [2.75, 3.05) is 4.90 Å². The molecular weight excluding hydrogens is 759 g/mol. The smallest absolute Gasteiger partial charge is 0.0618 e. The standard InChI is InChI=1S/C62H47N/c1-3-15-45(16-4-1)49-30-27-44(28-31-49)29-32-54(53-34-33-47-19-7-9-21-51(47)41-53)43-61-57-23-11-13-25-59(57)62(60-26-14-12-24-58(60)61)63(56-40-37-48-20-8-10-22-52(48)42-56)55-38-35-50(36-39-55)46-17-5-2-6-18-46/h1-28,30-31,33-42,54H,29,32,43H2. The third-order valence-electron chi connectivity index (χ3n) is 13.0. The van der Waals surface area contributed by atoms with Crippen molar-refractivity contribution < 1.29 is 0 Å². The lowest BCUT2D eigenvalue weighted by atomic mass is 9.82. The minimum atomic E-state index is 0.295. The Balaban J connectivity index is 1.05. The molecule has 1 atom stereocenters. The number of aryl methyl sites for hydroxylation is 1. The van der Waals surface area contributed by atoms with Crippen molar-refractivity contribution >= 4 is 60.2 Å². The number of benzene rings is 11. The molecule has 1 unspecified atom stereocenters. The first-order chi connectivity index (χ1) is 31.2. The summed E-state index contributed by atoms with van der Waals surface area (Å²) in [7, 11) is 0. The SMILES string of the molecule is c1ccc(-c2ccc(CCC(Cc3c4ccccc4c(N(c4ccc(-c5ccccc5)cc4)c4ccc5ccccc5c4)c4ccccc34)c3ccc4ccccc4c3)cc2)cc1. The predicted octanol–water partition coefficient (Wildman–Crippen LogP) is 17.1. The Hall–Kier alpha value is -7.74. The predicted molar refractivity (Wildman–Crippen MR) is 270 cm³/mol. The van der Waals surface area contributed by atoms with Gasteiger partial charge in [0, 0.05) is 22.1 Å². The normalized spacial score (nSPS) is 11.9. The van der Waals surface area contributed by atoms with Gasteiger partial charge in [-0.2, -0.15) is 0 Å². The topological polar surface area (TPSA) is 3.24 Å². The highest BCUT2D eigenvalue weighted by molar-refractivity contribution is 6.16. The molecule has 0 spiro atoms. The fraction of sp³-hybridized carbons (Fsp3) is 0.0645. The van der Waals surface area contributed by atoms with E-state index in [9.17, 15) is 0 Å². The molecule has 0 saturated carbocycles. The van der Waals surface area contributed by atoms with E-state index in [1.54, 1.807) is 0 Å². The van der Waals surface area contributed by atoms with Gasteiger partial charge in [0.1, 0.15) is 0 Å². The quantitative estimate of drug-likeness (QED) is 0.118. The number of fused-ring (bicyclic) bond motifs is 4. The molecule has 0 radical (unpaired) electrons. The second-order valence-electron chi connectivity index (χ2n) is 16.8. The second-order valence-corrected chi connectivity index (χ2v) is 16.8. The van der Waals surface area contributed by atoms with Gasteiger partial charge in [0.15, 0.2) is 0 Å². The molecule has 0 aliphatic carbocycles. The summed E-state index contributed by atoms with van der Waals surface area (Å²) in [5, 5.41) is 10.1. The molecule has 0 N–H and O–H groups in total. The summed E-state index contributed by atoms with van der Waals surface area (Å²) in [5.74, 6) is 0.295. The van der Waals surface area contributed by atoms with E-state index in [0.717, 1.165) is 30.6 Å². The maximum atomic E-state index is 2.50. The molecule has 300 valence electrons. The summed E-state index contributed by atoms with van der Waals surface area (Å²) >= 11 is 0. The third-order valence-corrected chi connectivity index (χ3v) is 13.0. The maximum Gasteiger partial charge on any atom is 0.0618 e. The maximum absolute atomic E-state index is 2.50. The number of anilines is 3. The van der Waals surface area contributed by atoms with Gasteiger partial charge < -0.3 is 4.90 Å². The zero-order valence-corrected chi connectivity index (χ0v) is 35.2. The first kappa shape index (κ1) is 38.2. The average molecular weight is 806 g/mol. The first-order valence-corrected chi connectivity index (χ1v) is 22.2. The fourth-order valence-electron chi connectivity index (χ4n) is 9.74. The van der Waals surface area contributed by atoms with Crippen LogP contribution in [0.2, 0.25) is 0 Å². The lowest BCUT2D eigenvalue weighted by Gasteiger charge is -2.30. The Kier molecular flexibility index (Phi) is 10.3. The molecule has 0 aliphatic heterocycles. The molecule has 11 aromatic rings. The van der Waals surface area contributed by atoms with E-state index in [-0.39, 0.29) is 0 Å². The molecule has 1 heteroatoms. The fourth-order valence-corrected chi connectivity index (χ4v) is 9.74. The highest BCUT2D eigenvalue weighted by atomic mass is 15.1. The summed E-state index contributed by atoms with van der Waals surface area (Å²) < 4.78 is 0. The minimum absolute atomic E-state index is 0.295. The summed E-state index contributed by atoms with van der Waals surface area (Å²) in [6.45, 7) is 0. The van der Waals surface area contributed by atoms with Gasteiger partial charge in [0.05, 0.1) is 5.69 Å². The van der Waals surface area contributed by atoms with E-state index in [1.807, 2.05) is 0 Å². The summed E-state index contributed by atoms with van der Waals surface area (Å²) in [5.41, 5.74) is 12.6. The van der Waals surface area contributed by atoms with Gasteiger partial charge >= 0.3 is 0 Å². The van der Waals surface area contributed by atoms with Crippen LogP contribution in [-0.2, 0) is 12.8 Å². The highest BCUT2D eigenvalue weighted by Gasteiger charge is 2.24. The molecule has 11 rings (SSSR count). The van der Waals surface area contributed by atoms with Crippen LogP contribution in [0.4, 0.5) is 17.1 Å². The zero-order valence-electron chi connectivity index (χ0n) is 35.2. The number of nitrogens with zero attached hydrogens (tertiary/aromatic N) is 1. The van der Waals surface area contributed by atoms with Crippen molar-refractivity contribution in [2.24, 2.45) is 0 Å². The minimum Gasteiger partial charge on any atom is -0.309 e. The molecule has 0 aliphatic rings. The van der Waals surface area contributed by atoms with E-state index in [1.165, 1.54) is 87.7 Å². The third kappa shape index (κ3) is 7.64.